The van der Waals surface area contributed by atoms with Crippen molar-refractivity contribution >= 4 is 11.7 Å². The third-order valence-electron chi connectivity index (χ3n) is 3.88. The lowest BCUT2D eigenvalue weighted by atomic mass is 9.95. The van der Waals surface area contributed by atoms with Crippen LogP contribution in [-0.4, -0.2) is 24.7 Å². The Kier molecular flexibility index (Phi) is 5.21. The molecular formula is C19H23NO2. The van der Waals surface area contributed by atoms with Gasteiger partial charge in [-0.25, -0.2) is 4.79 Å². The maximum Gasteiger partial charge on any atom is 0.335 e. The van der Waals surface area contributed by atoms with Gasteiger partial charge in [0.1, 0.15) is 0 Å². The zero-order valence-electron chi connectivity index (χ0n) is 13.5. The fraction of sp³-hybridized carbons (Fsp3) is 0.316. The standard InChI is InChI=1S/C19H23NO2/c1-4-5-11-20(3)17-13-16(19(21)22)12-14(2)18(17)15-9-7-6-8-10-15/h6-10,12-13H,4-5,11H2,1-3H3,(H,21,22). The highest BCUT2D eigenvalue weighted by Crippen LogP contribution is 2.34. The van der Waals surface area contributed by atoms with Crippen LogP contribution in [0.25, 0.3) is 11.1 Å². The first-order valence-electron chi connectivity index (χ1n) is 7.69. The number of hydrogen-bond donors (Lipinski definition) is 1. The van der Waals surface area contributed by atoms with E-state index in [0.29, 0.717) is 5.56 Å². The second-order valence-electron chi connectivity index (χ2n) is 5.63. The third-order valence-corrected chi connectivity index (χ3v) is 3.88. The van der Waals surface area contributed by atoms with Crippen LogP contribution in [-0.2, 0) is 0 Å². The summed E-state index contributed by atoms with van der Waals surface area (Å²) in [6.07, 6.45) is 2.20. The lowest BCUT2D eigenvalue weighted by Gasteiger charge is -2.24. The van der Waals surface area contributed by atoms with E-state index in [1.54, 1.807) is 12.1 Å². The van der Waals surface area contributed by atoms with Gasteiger partial charge in [-0.1, -0.05) is 43.7 Å². The van der Waals surface area contributed by atoms with E-state index in [1.807, 2.05) is 32.2 Å². The molecule has 0 saturated heterocycles. The Morgan fingerprint density at radius 2 is 1.86 bits per heavy atom. The second kappa shape index (κ2) is 7.12. The van der Waals surface area contributed by atoms with Crippen LogP contribution < -0.4 is 4.90 Å². The zero-order chi connectivity index (χ0) is 16.1. The average molecular weight is 297 g/mol. The van der Waals surface area contributed by atoms with Gasteiger partial charge in [-0.05, 0) is 36.6 Å². The van der Waals surface area contributed by atoms with Crippen LogP contribution in [0.4, 0.5) is 5.69 Å². The van der Waals surface area contributed by atoms with Crippen molar-refractivity contribution in [2.75, 3.05) is 18.5 Å². The van der Waals surface area contributed by atoms with Crippen molar-refractivity contribution < 1.29 is 9.90 Å². The van der Waals surface area contributed by atoms with Crippen molar-refractivity contribution in [1.29, 1.82) is 0 Å². The number of carbonyl (C=O) groups is 1. The van der Waals surface area contributed by atoms with Gasteiger partial charge >= 0.3 is 5.97 Å². The van der Waals surface area contributed by atoms with E-state index >= 15 is 0 Å². The Hall–Kier alpha value is -2.29. The molecule has 2 aromatic rings. The minimum absolute atomic E-state index is 0.343. The summed E-state index contributed by atoms with van der Waals surface area (Å²) in [7, 11) is 2.03. The molecule has 22 heavy (non-hydrogen) atoms. The first-order chi connectivity index (χ1) is 10.5. The molecule has 2 rings (SSSR count). The fourth-order valence-corrected chi connectivity index (χ4v) is 2.69. The van der Waals surface area contributed by atoms with Crippen molar-refractivity contribution in [2.24, 2.45) is 0 Å². The maximum atomic E-state index is 11.4. The number of unbranched alkanes of at least 4 members (excludes halogenated alkanes) is 1. The van der Waals surface area contributed by atoms with Gasteiger partial charge < -0.3 is 10.0 Å². The average Bonchev–Trinajstić information content (AvgIpc) is 2.52. The van der Waals surface area contributed by atoms with Gasteiger partial charge in [-0.2, -0.15) is 0 Å². The maximum absolute atomic E-state index is 11.4. The number of rotatable bonds is 6. The van der Waals surface area contributed by atoms with Gasteiger partial charge in [-0.3, -0.25) is 0 Å². The molecule has 2 aromatic carbocycles. The highest BCUT2D eigenvalue weighted by molar-refractivity contribution is 5.93. The SMILES string of the molecule is CCCCN(C)c1cc(C(=O)O)cc(C)c1-c1ccccc1. The first kappa shape index (κ1) is 16.1. The van der Waals surface area contributed by atoms with Gasteiger partial charge in [0.25, 0.3) is 0 Å². The van der Waals surface area contributed by atoms with Crippen LogP contribution in [0, 0.1) is 6.92 Å². The number of nitrogens with zero attached hydrogens (tertiary/aromatic N) is 1. The van der Waals surface area contributed by atoms with E-state index in [4.69, 9.17) is 0 Å². The molecule has 0 aromatic heterocycles. The van der Waals surface area contributed by atoms with Gasteiger partial charge in [0.05, 0.1) is 5.56 Å². The highest BCUT2D eigenvalue weighted by Gasteiger charge is 2.16. The van der Waals surface area contributed by atoms with Crippen molar-refractivity contribution in [2.45, 2.75) is 26.7 Å². The molecule has 116 valence electrons. The van der Waals surface area contributed by atoms with Crippen LogP contribution in [0.5, 0.6) is 0 Å². The number of aromatic carboxylic acids is 1. The number of hydrogen-bond acceptors (Lipinski definition) is 2. The smallest absolute Gasteiger partial charge is 0.335 e. The number of carboxylic acid groups (broad SMARTS) is 1. The minimum Gasteiger partial charge on any atom is -0.478 e. The summed E-state index contributed by atoms with van der Waals surface area (Å²) in [6, 6.07) is 13.7. The molecule has 0 aliphatic carbocycles. The summed E-state index contributed by atoms with van der Waals surface area (Å²) in [5.74, 6) is -0.882. The van der Waals surface area contributed by atoms with E-state index in [0.717, 1.165) is 41.8 Å². The third kappa shape index (κ3) is 3.48. The van der Waals surface area contributed by atoms with E-state index in [1.165, 1.54) is 0 Å². The molecule has 0 fully saturated rings. The molecule has 1 N–H and O–H groups in total. The molecule has 0 aliphatic rings. The fourth-order valence-electron chi connectivity index (χ4n) is 2.69. The molecule has 3 heteroatoms. The minimum atomic E-state index is -0.882. The normalized spacial score (nSPS) is 10.5. The predicted molar refractivity (Wildman–Crippen MR) is 91.8 cm³/mol. The summed E-state index contributed by atoms with van der Waals surface area (Å²) in [4.78, 5) is 13.5. The number of aryl methyl sites for hydroxylation is 1. The molecule has 0 bridgehead atoms. The van der Waals surface area contributed by atoms with Crippen molar-refractivity contribution in [1.82, 2.24) is 0 Å². The molecule has 3 nitrogen and oxygen atoms in total. The van der Waals surface area contributed by atoms with E-state index in [-0.39, 0.29) is 0 Å². The van der Waals surface area contributed by atoms with Gasteiger partial charge in [0.2, 0.25) is 0 Å². The predicted octanol–water partition coefficient (Wildman–Crippen LogP) is 4.60. The second-order valence-corrected chi connectivity index (χ2v) is 5.63. The Labute approximate surface area is 132 Å². The van der Waals surface area contributed by atoms with Crippen LogP contribution in [0.3, 0.4) is 0 Å². The van der Waals surface area contributed by atoms with Crippen molar-refractivity contribution in [3.8, 4) is 11.1 Å². The topological polar surface area (TPSA) is 40.5 Å². The Bertz CT molecular complexity index is 650. The molecule has 0 heterocycles. The van der Waals surface area contributed by atoms with Gasteiger partial charge in [0.15, 0.2) is 0 Å². The first-order valence-corrected chi connectivity index (χ1v) is 7.69. The van der Waals surface area contributed by atoms with E-state index < -0.39 is 5.97 Å². The lowest BCUT2D eigenvalue weighted by molar-refractivity contribution is 0.0697. The number of benzene rings is 2. The Morgan fingerprint density at radius 3 is 2.45 bits per heavy atom. The van der Waals surface area contributed by atoms with Crippen LogP contribution >= 0.6 is 0 Å². The van der Waals surface area contributed by atoms with Crippen molar-refractivity contribution in [3.05, 3.63) is 53.6 Å². The summed E-state index contributed by atoms with van der Waals surface area (Å²) in [6.45, 7) is 5.05. The quantitative estimate of drug-likeness (QED) is 0.847. The van der Waals surface area contributed by atoms with E-state index in [9.17, 15) is 9.90 Å². The molecule has 0 saturated carbocycles. The molecule has 0 amide bonds. The molecular weight excluding hydrogens is 274 g/mol. The van der Waals surface area contributed by atoms with Crippen molar-refractivity contribution in [3.63, 3.8) is 0 Å². The summed E-state index contributed by atoms with van der Waals surface area (Å²) < 4.78 is 0. The number of anilines is 1. The summed E-state index contributed by atoms with van der Waals surface area (Å²) >= 11 is 0. The Balaban J connectivity index is 2.57. The molecule has 0 radical (unpaired) electrons. The van der Waals surface area contributed by atoms with Crippen LogP contribution in [0.15, 0.2) is 42.5 Å². The summed E-state index contributed by atoms with van der Waals surface area (Å²) in [5, 5.41) is 9.33. The molecule has 0 aliphatic heterocycles. The summed E-state index contributed by atoms with van der Waals surface area (Å²) in [5.41, 5.74) is 4.55. The zero-order valence-corrected chi connectivity index (χ0v) is 13.5. The van der Waals surface area contributed by atoms with Gasteiger partial charge in [0, 0.05) is 24.8 Å². The lowest BCUT2D eigenvalue weighted by Crippen LogP contribution is -2.20. The number of carboxylic acids is 1. The van der Waals surface area contributed by atoms with E-state index in [2.05, 4.69) is 24.0 Å². The molecule has 0 atom stereocenters. The largest absolute Gasteiger partial charge is 0.478 e. The van der Waals surface area contributed by atoms with Crippen LogP contribution in [0.2, 0.25) is 0 Å². The van der Waals surface area contributed by atoms with Gasteiger partial charge in [-0.15, -0.1) is 0 Å². The molecule has 0 spiro atoms. The molecule has 0 unspecified atom stereocenters. The van der Waals surface area contributed by atoms with Crippen LogP contribution in [0.1, 0.15) is 35.7 Å². The monoisotopic (exact) mass is 297 g/mol. The Morgan fingerprint density at radius 1 is 1.18 bits per heavy atom. The highest BCUT2D eigenvalue weighted by atomic mass is 16.4.